The summed E-state index contributed by atoms with van der Waals surface area (Å²) in [6.07, 6.45) is 5.40. The van der Waals surface area contributed by atoms with E-state index in [-0.39, 0.29) is 5.91 Å². The standard InChI is InChI=1S/C15H25N5O2/c1-18-12-13(11-17-18)19-7-9-20(10-8-19)14(21)15(22-2)3-5-16-6-4-15/h11-12,16H,3-10H2,1-2H3. The largest absolute Gasteiger partial charge is 0.368 e. The molecule has 0 radical (unpaired) electrons. The van der Waals surface area contributed by atoms with E-state index in [2.05, 4.69) is 15.3 Å². The molecule has 0 spiro atoms. The number of methoxy groups -OCH3 is 1. The van der Waals surface area contributed by atoms with Crippen LogP contribution in [0.2, 0.25) is 0 Å². The third-order valence-electron chi connectivity index (χ3n) is 4.82. The number of amides is 1. The van der Waals surface area contributed by atoms with Crippen molar-refractivity contribution in [2.45, 2.75) is 18.4 Å². The fourth-order valence-electron chi connectivity index (χ4n) is 3.36. The number of piperidine rings is 1. The van der Waals surface area contributed by atoms with E-state index in [0.29, 0.717) is 0 Å². The summed E-state index contributed by atoms with van der Waals surface area (Å²) in [5.41, 5.74) is 0.500. The number of aryl methyl sites for hydroxylation is 1. The molecule has 2 saturated heterocycles. The zero-order chi connectivity index (χ0) is 15.6. The van der Waals surface area contributed by atoms with Gasteiger partial charge in [0, 0.05) is 46.5 Å². The van der Waals surface area contributed by atoms with Gasteiger partial charge in [0.1, 0.15) is 5.60 Å². The Bertz CT molecular complexity index is 516. The van der Waals surface area contributed by atoms with Gasteiger partial charge in [-0.3, -0.25) is 9.48 Å². The number of hydrogen-bond donors (Lipinski definition) is 1. The molecule has 1 aromatic rings. The molecule has 1 aromatic heterocycles. The summed E-state index contributed by atoms with van der Waals surface area (Å²) in [7, 11) is 3.58. The Morgan fingerprint density at radius 1 is 1.27 bits per heavy atom. The number of nitrogens with one attached hydrogen (secondary N) is 1. The summed E-state index contributed by atoms with van der Waals surface area (Å²) >= 11 is 0. The molecule has 0 aromatic carbocycles. The highest BCUT2D eigenvalue weighted by atomic mass is 16.5. The van der Waals surface area contributed by atoms with Gasteiger partial charge >= 0.3 is 0 Å². The first kappa shape index (κ1) is 15.3. The van der Waals surface area contributed by atoms with Gasteiger partial charge in [-0.15, -0.1) is 0 Å². The van der Waals surface area contributed by atoms with Crippen LogP contribution in [-0.4, -0.2) is 72.6 Å². The normalized spacial score (nSPS) is 21.9. The lowest BCUT2D eigenvalue weighted by molar-refractivity contribution is -0.158. The van der Waals surface area contributed by atoms with Crippen LogP contribution in [0.3, 0.4) is 0 Å². The molecule has 3 rings (SSSR count). The summed E-state index contributed by atoms with van der Waals surface area (Å²) in [5.74, 6) is 0.155. The summed E-state index contributed by atoms with van der Waals surface area (Å²) in [4.78, 5) is 17.1. The van der Waals surface area contributed by atoms with E-state index < -0.39 is 5.60 Å². The number of carbonyl (C=O) groups is 1. The van der Waals surface area contributed by atoms with Crippen molar-refractivity contribution in [3.05, 3.63) is 12.4 Å². The van der Waals surface area contributed by atoms with Crippen LogP contribution in [0.1, 0.15) is 12.8 Å². The van der Waals surface area contributed by atoms with Crippen LogP contribution in [-0.2, 0) is 16.6 Å². The number of aromatic nitrogens is 2. The van der Waals surface area contributed by atoms with E-state index in [4.69, 9.17) is 4.74 Å². The van der Waals surface area contributed by atoms with Crippen molar-refractivity contribution in [1.29, 1.82) is 0 Å². The van der Waals surface area contributed by atoms with Crippen molar-refractivity contribution in [3.8, 4) is 0 Å². The van der Waals surface area contributed by atoms with Crippen LogP contribution >= 0.6 is 0 Å². The van der Waals surface area contributed by atoms with E-state index in [9.17, 15) is 4.79 Å². The van der Waals surface area contributed by atoms with Gasteiger partial charge in [-0.1, -0.05) is 0 Å². The molecule has 2 aliphatic heterocycles. The van der Waals surface area contributed by atoms with Crippen molar-refractivity contribution in [2.75, 3.05) is 51.3 Å². The second-order valence-corrected chi connectivity index (χ2v) is 6.10. The maximum atomic E-state index is 12.9. The maximum absolute atomic E-state index is 12.9. The number of hydrogen-bond acceptors (Lipinski definition) is 5. The maximum Gasteiger partial charge on any atom is 0.255 e. The lowest BCUT2D eigenvalue weighted by atomic mass is 9.90. The van der Waals surface area contributed by atoms with Gasteiger partial charge in [0.2, 0.25) is 0 Å². The molecule has 7 heteroatoms. The molecule has 0 saturated carbocycles. The van der Waals surface area contributed by atoms with Gasteiger partial charge < -0.3 is 19.9 Å². The summed E-state index contributed by atoms with van der Waals surface area (Å²) < 4.78 is 7.46. The van der Waals surface area contributed by atoms with Gasteiger partial charge in [-0.05, 0) is 25.9 Å². The molecule has 1 N–H and O–H groups in total. The number of rotatable bonds is 3. The quantitative estimate of drug-likeness (QED) is 0.840. The highest BCUT2D eigenvalue weighted by Gasteiger charge is 2.43. The molecule has 0 unspecified atom stereocenters. The van der Waals surface area contributed by atoms with Gasteiger partial charge in [-0.25, -0.2) is 0 Å². The van der Waals surface area contributed by atoms with Crippen LogP contribution in [0, 0.1) is 0 Å². The number of nitrogens with zero attached hydrogens (tertiary/aromatic N) is 4. The van der Waals surface area contributed by atoms with Gasteiger partial charge in [0.05, 0.1) is 11.9 Å². The van der Waals surface area contributed by atoms with Crippen LogP contribution < -0.4 is 10.2 Å². The molecular formula is C15H25N5O2. The molecule has 0 aliphatic carbocycles. The minimum Gasteiger partial charge on any atom is -0.368 e. The number of anilines is 1. The SMILES string of the molecule is COC1(C(=O)N2CCN(c3cnn(C)c3)CC2)CCNCC1. The van der Waals surface area contributed by atoms with E-state index in [0.717, 1.165) is 57.8 Å². The highest BCUT2D eigenvalue weighted by molar-refractivity contribution is 5.85. The Morgan fingerprint density at radius 3 is 2.50 bits per heavy atom. The fourth-order valence-corrected chi connectivity index (χ4v) is 3.36. The van der Waals surface area contributed by atoms with Crippen molar-refractivity contribution >= 4 is 11.6 Å². The second-order valence-electron chi connectivity index (χ2n) is 6.10. The molecule has 22 heavy (non-hydrogen) atoms. The average molecular weight is 307 g/mol. The molecular weight excluding hydrogens is 282 g/mol. The smallest absolute Gasteiger partial charge is 0.255 e. The minimum atomic E-state index is -0.623. The van der Waals surface area contributed by atoms with E-state index >= 15 is 0 Å². The number of ether oxygens (including phenoxy) is 1. The van der Waals surface area contributed by atoms with Gasteiger partial charge in [0.15, 0.2) is 0 Å². The molecule has 1 amide bonds. The predicted octanol–water partition coefficient (Wildman–Crippen LogP) is -0.163. The van der Waals surface area contributed by atoms with Crippen LogP contribution in [0.4, 0.5) is 5.69 Å². The first-order valence-corrected chi connectivity index (χ1v) is 7.93. The first-order valence-electron chi connectivity index (χ1n) is 7.93. The zero-order valence-corrected chi connectivity index (χ0v) is 13.4. The molecule has 122 valence electrons. The lowest BCUT2D eigenvalue weighted by Crippen LogP contribution is -2.59. The molecule has 2 fully saturated rings. The summed E-state index contributed by atoms with van der Waals surface area (Å²) in [6, 6.07) is 0. The van der Waals surface area contributed by atoms with Crippen molar-refractivity contribution in [3.63, 3.8) is 0 Å². The Labute approximate surface area is 131 Å². The van der Waals surface area contributed by atoms with Crippen molar-refractivity contribution in [2.24, 2.45) is 7.05 Å². The lowest BCUT2D eigenvalue weighted by Gasteiger charge is -2.42. The molecule has 0 atom stereocenters. The Morgan fingerprint density at radius 2 is 1.95 bits per heavy atom. The van der Waals surface area contributed by atoms with Crippen molar-refractivity contribution in [1.82, 2.24) is 20.0 Å². The number of piperazine rings is 1. The topological polar surface area (TPSA) is 62.6 Å². The monoisotopic (exact) mass is 307 g/mol. The third kappa shape index (κ3) is 2.83. The first-order chi connectivity index (χ1) is 10.6. The molecule has 7 nitrogen and oxygen atoms in total. The summed E-state index contributed by atoms with van der Waals surface area (Å²) in [6.45, 7) is 4.86. The highest BCUT2D eigenvalue weighted by Crippen LogP contribution is 2.26. The van der Waals surface area contributed by atoms with E-state index in [1.165, 1.54) is 0 Å². The zero-order valence-electron chi connectivity index (χ0n) is 13.4. The third-order valence-corrected chi connectivity index (χ3v) is 4.82. The van der Waals surface area contributed by atoms with Gasteiger partial charge in [-0.2, -0.15) is 5.10 Å². The molecule has 0 bridgehead atoms. The predicted molar refractivity (Wildman–Crippen MR) is 83.8 cm³/mol. The van der Waals surface area contributed by atoms with Gasteiger partial charge in [0.25, 0.3) is 5.91 Å². The van der Waals surface area contributed by atoms with Crippen LogP contribution in [0.5, 0.6) is 0 Å². The Hall–Kier alpha value is -1.60. The Balaban J connectivity index is 1.61. The van der Waals surface area contributed by atoms with Crippen molar-refractivity contribution < 1.29 is 9.53 Å². The molecule has 3 heterocycles. The van der Waals surface area contributed by atoms with E-state index in [1.54, 1.807) is 7.11 Å². The Kier molecular flexibility index (Phi) is 4.35. The molecule has 2 aliphatic rings. The second kappa shape index (κ2) is 6.26. The minimum absolute atomic E-state index is 0.155. The van der Waals surface area contributed by atoms with E-state index in [1.807, 2.05) is 29.0 Å². The average Bonchev–Trinajstić information content (AvgIpc) is 3.01. The fraction of sp³-hybridized carbons (Fsp3) is 0.733. The number of carbonyl (C=O) groups excluding carboxylic acids is 1. The van der Waals surface area contributed by atoms with Crippen LogP contribution in [0.15, 0.2) is 12.4 Å². The summed E-state index contributed by atoms with van der Waals surface area (Å²) in [5, 5.41) is 7.51. The van der Waals surface area contributed by atoms with Crippen LogP contribution in [0.25, 0.3) is 0 Å².